The summed E-state index contributed by atoms with van der Waals surface area (Å²) in [6.45, 7) is 2.30. The molecule has 0 aromatic heterocycles. The van der Waals surface area contributed by atoms with Gasteiger partial charge >= 0.3 is 0 Å². The highest BCUT2D eigenvalue weighted by molar-refractivity contribution is 6.36. The third-order valence-corrected chi connectivity index (χ3v) is 6.38. The molecule has 0 aliphatic heterocycles. The van der Waals surface area contributed by atoms with Crippen molar-refractivity contribution in [1.29, 1.82) is 0 Å². The molecule has 0 bridgehead atoms. The van der Waals surface area contributed by atoms with E-state index in [0.717, 1.165) is 31.2 Å². The number of carbonyl (C=O) groups excluding carboxylic acids is 2. The van der Waals surface area contributed by atoms with Crippen molar-refractivity contribution in [2.24, 2.45) is 0 Å². The maximum absolute atomic E-state index is 13.4. The molecule has 3 rings (SSSR count). The van der Waals surface area contributed by atoms with Gasteiger partial charge in [-0.25, -0.2) is 0 Å². The van der Waals surface area contributed by atoms with Crippen LogP contribution in [0, 0.1) is 0 Å². The van der Waals surface area contributed by atoms with Crippen molar-refractivity contribution in [3.63, 3.8) is 0 Å². The maximum atomic E-state index is 13.4. The van der Waals surface area contributed by atoms with Crippen LogP contribution < -0.4 is 5.32 Å². The van der Waals surface area contributed by atoms with Crippen molar-refractivity contribution in [3.8, 4) is 0 Å². The van der Waals surface area contributed by atoms with Crippen LogP contribution in [0.3, 0.4) is 0 Å². The number of benzene rings is 2. The first-order valence-corrected chi connectivity index (χ1v) is 11.3. The van der Waals surface area contributed by atoms with E-state index in [4.69, 9.17) is 23.2 Å². The summed E-state index contributed by atoms with van der Waals surface area (Å²) in [5.74, 6) is -0.249. The monoisotopic (exact) mass is 446 g/mol. The minimum Gasteiger partial charge on any atom is -0.352 e. The Hall–Kier alpha value is -2.04. The summed E-state index contributed by atoms with van der Waals surface area (Å²) in [6.07, 6.45) is 4.87. The lowest BCUT2D eigenvalue weighted by atomic mass is 10.1. The highest BCUT2D eigenvalue weighted by Crippen LogP contribution is 2.26. The van der Waals surface area contributed by atoms with Crippen molar-refractivity contribution in [3.05, 3.63) is 69.7 Å². The van der Waals surface area contributed by atoms with Gasteiger partial charge in [0, 0.05) is 22.6 Å². The number of carbonyl (C=O) groups is 2. The smallest absolute Gasteiger partial charge is 0.243 e. The Morgan fingerprint density at radius 1 is 1.03 bits per heavy atom. The first kappa shape index (κ1) is 22.6. The zero-order valence-electron chi connectivity index (χ0n) is 17.2. The third-order valence-electron chi connectivity index (χ3n) is 5.67. The minimum absolute atomic E-state index is 0.0541. The van der Waals surface area contributed by atoms with E-state index in [-0.39, 0.29) is 24.3 Å². The normalized spacial score (nSPS) is 15.0. The molecule has 4 nitrogen and oxygen atoms in total. The van der Waals surface area contributed by atoms with Crippen LogP contribution in [0.15, 0.2) is 48.5 Å². The van der Waals surface area contributed by atoms with E-state index in [0.29, 0.717) is 28.6 Å². The Balaban J connectivity index is 1.84. The molecule has 2 aromatic carbocycles. The van der Waals surface area contributed by atoms with Gasteiger partial charge in [-0.05, 0) is 42.5 Å². The number of rotatable bonds is 8. The summed E-state index contributed by atoms with van der Waals surface area (Å²) in [4.78, 5) is 28.2. The summed E-state index contributed by atoms with van der Waals surface area (Å²) < 4.78 is 0. The van der Waals surface area contributed by atoms with Crippen LogP contribution in [-0.4, -0.2) is 28.8 Å². The summed E-state index contributed by atoms with van der Waals surface area (Å²) in [6, 6.07) is 14.6. The average molecular weight is 447 g/mol. The molecule has 1 aliphatic rings. The van der Waals surface area contributed by atoms with Crippen LogP contribution in [0.2, 0.25) is 10.0 Å². The first-order valence-electron chi connectivity index (χ1n) is 10.6. The standard InChI is InChI=1S/C24H28Cl2N2O2/c1-2-22(24(30)27-18-11-6-7-12-18)28(16-17-9-4-3-5-10-17)23(29)15-19-20(25)13-8-14-21(19)26/h3-5,8-10,13-14,18,22H,2,6-7,11-12,15-16H2,1H3,(H,27,30)/t22-/m1/s1. The Bertz CT molecular complexity index is 847. The largest absolute Gasteiger partial charge is 0.352 e. The minimum atomic E-state index is -0.542. The molecule has 2 aromatic rings. The van der Waals surface area contributed by atoms with Gasteiger partial charge in [0.25, 0.3) is 0 Å². The van der Waals surface area contributed by atoms with Crippen molar-refractivity contribution in [2.45, 2.75) is 64.1 Å². The highest BCUT2D eigenvalue weighted by atomic mass is 35.5. The molecule has 2 amide bonds. The summed E-state index contributed by atoms with van der Waals surface area (Å²) in [5, 5.41) is 4.07. The second kappa shape index (κ2) is 10.8. The topological polar surface area (TPSA) is 49.4 Å². The van der Waals surface area contributed by atoms with E-state index in [2.05, 4.69) is 5.32 Å². The molecule has 0 unspecified atom stereocenters. The Labute approximate surface area is 188 Å². The predicted molar refractivity (Wildman–Crippen MR) is 122 cm³/mol. The molecule has 1 aliphatic carbocycles. The van der Waals surface area contributed by atoms with E-state index in [1.165, 1.54) is 0 Å². The Morgan fingerprint density at radius 3 is 2.27 bits per heavy atom. The molecule has 0 heterocycles. The SMILES string of the molecule is CC[C@H](C(=O)NC1CCCC1)N(Cc1ccccc1)C(=O)Cc1c(Cl)cccc1Cl. The van der Waals surface area contributed by atoms with Crippen LogP contribution in [-0.2, 0) is 22.6 Å². The highest BCUT2D eigenvalue weighted by Gasteiger charge is 2.31. The van der Waals surface area contributed by atoms with Gasteiger partial charge in [0.05, 0.1) is 6.42 Å². The van der Waals surface area contributed by atoms with Gasteiger partial charge in [-0.2, -0.15) is 0 Å². The molecular weight excluding hydrogens is 419 g/mol. The number of nitrogens with zero attached hydrogens (tertiary/aromatic N) is 1. The summed E-state index contributed by atoms with van der Waals surface area (Å²) >= 11 is 12.6. The van der Waals surface area contributed by atoms with Gasteiger partial charge in [0.1, 0.15) is 6.04 Å². The quantitative estimate of drug-likeness (QED) is 0.589. The van der Waals surface area contributed by atoms with E-state index in [1.807, 2.05) is 37.3 Å². The fourth-order valence-electron chi connectivity index (χ4n) is 4.02. The third kappa shape index (κ3) is 5.77. The van der Waals surface area contributed by atoms with Crippen molar-refractivity contribution in [1.82, 2.24) is 10.2 Å². The van der Waals surface area contributed by atoms with Crippen LogP contribution >= 0.6 is 23.2 Å². The molecule has 0 radical (unpaired) electrons. The average Bonchev–Trinajstić information content (AvgIpc) is 3.24. The Kier molecular flexibility index (Phi) is 8.17. The van der Waals surface area contributed by atoms with Crippen molar-refractivity contribution in [2.75, 3.05) is 0 Å². The molecule has 160 valence electrons. The van der Waals surface area contributed by atoms with Crippen molar-refractivity contribution < 1.29 is 9.59 Å². The second-order valence-electron chi connectivity index (χ2n) is 7.80. The molecule has 0 spiro atoms. The van der Waals surface area contributed by atoms with E-state index < -0.39 is 6.04 Å². The maximum Gasteiger partial charge on any atom is 0.243 e. The lowest BCUT2D eigenvalue weighted by Gasteiger charge is -2.31. The van der Waals surface area contributed by atoms with Crippen LogP contribution in [0.5, 0.6) is 0 Å². The van der Waals surface area contributed by atoms with Crippen LogP contribution in [0.25, 0.3) is 0 Å². The first-order chi connectivity index (χ1) is 14.5. The number of nitrogens with one attached hydrogen (secondary N) is 1. The zero-order chi connectivity index (χ0) is 21.5. The van der Waals surface area contributed by atoms with Gasteiger partial charge in [-0.3, -0.25) is 9.59 Å². The zero-order valence-corrected chi connectivity index (χ0v) is 18.8. The molecule has 1 saturated carbocycles. The fourth-order valence-corrected chi connectivity index (χ4v) is 4.55. The summed E-state index contributed by atoms with van der Waals surface area (Å²) in [7, 11) is 0. The van der Waals surface area contributed by atoms with Gasteiger partial charge in [-0.15, -0.1) is 0 Å². The lowest BCUT2D eigenvalue weighted by Crippen LogP contribution is -2.51. The van der Waals surface area contributed by atoms with E-state index >= 15 is 0 Å². The van der Waals surface area contributed by atoms with Crippen LogP contribution in [0.4, 0.5) is 0 Å². The molecule has 0 saturated heterocycles. The molecule has 1 fully saturated rings. The van der Waals surface area contributed by atoms with Gasteiger partial charge in [0.15, 0.2) is 0 Å². The second-order valence-corrected chi connectivity index (χ2v) is 8.61. The van der Waals surface area contributed by atoms with Crippen molar-refractivity contribution >= 4 is 35.0 Å². The van der Waals surface area contributed by atoms with Gasteiger partial charge in [0.2, 0.25) is 11.8 Å². The predicted octanol–water partition coefficient (Wildman–Crippen LogP) is 5.40. The Morgan fingerprint density at radius 2 is 1.67 bits per heavy atom. The van der Waals surface area contributed by atoms with Crippen LogP contribution in [0.1, 0.15) is 50.2 Å². The number of halogens is 2. The number of hydrogen-bond donors (Lipinski definition) is 1. The number of hydrogen-bond acceptors (Lipinski definition) is 2. The number of amides is 2. The van der Waals surface area contributed by atoms with Gasteiger partial charge < -0.3 is 10.2 Å². The lowest BCUT2D eigenvalue weighted by molar-refractivity contribution is -0.141. The van der Waals surface area contributed by atoms with E-state index in [9.17, 15) is 9.59 Å². The molecular formula is C24H28Cl2N2O2. The molecule has 1 N–H and O–H groups in total. The molecule has 6 heteroatoms. The fraction of sp³-hybridized carbons (Fsp3) is 0.417. The molecule has 1 atom stereocenters. The van der Waals surface area contributed by atoms with E-state index in [1.54, 1.807) is 23.1 Å². The summed E-state index contributed by atoms with van der Waals surface area (Å²) in [5.41, 5.74) is 1.57. The molecule has 30 heavy (non-hydrogen) atoms. The van der Waals surface area contributed by atoms with Gasteiger partial charge in [-0.1, -0.05) is 79.4 Å².